The van der Waals surface area contributed by atoms with Gasteiger partial charge in [0.1, 0.15) is 0 Å². The SMILES string of the molecule is O=C1CN2CCNCC2CN1CC1CCCO1. The molecule has 3 aliphatic rings. The Kier molecular flexibility index (Phi) is 3.31. The van der Waals surface area contributed by atoms with E-state index in [0.29, 0.717) is 12.6 Å². The molecule has 3 fully saturated rings. The molecule has 0 aromatic heterocycles. The summed E-state index contributed by atoms with van der Waals surface area (Å²) in [5.74, 6) is 0.277. The number of nitrogens with one attached hydrogen (secondary N) is 1. The van der Waals surface area contributed by atoms with Crippen molar-refractivity contribution in [3.05, 3.63) is 0 Å². The fraction of sp³-hybridized carbons (Fsp3) is 0.917. The van der Waals surface area contributed by atoms with Crippen molar-refractivity contribution in [2.75, 3.05) is 45.9 Å². The van der Waals surface area contributed by atoms with E-state index in [1.165, 1.54) is 0 Å². The van der Waals surface area contributed by atoms with E-state index in [9.17, 15) is 4.79 Å². The summed E-state index contributed by atoms with van der Waals surface area (Å²) in [6, 6.07) is 0.503. The molecular formula is C12H21N3O2. The summed E-state index contributed by atoms with van der Waals surface area (Å²) in [6.07, 6.45) is 2.53. The van der Waals surface area contributed by atoms with E-state index < -0.39 is 0 Å². The predicted octanol–water partition coefficient (Wildman–Crippen LogP) is -0.719. The Bertz CT molecular complexity index is 291. The first-order chi connectivity index (χ1) is 8.33. The van der Waals surface area contributed by atoms with Gasteiger partial charge in [0, 0.05) is 45.4 Å². The van der Waals surface area contributed by atoms with Gasteiger partial charge in [-0.2, -0.15) is 0 Å². The number of carbonyl (C=O) groups excluding carboxylic acids is 1. The Balaban J connectivity index is 1.58. The van der Waals surface area contributed by atoms with Crippen LogP contribution in [0.1, 0.15) is 12.8 Å². The molecule has 0 spiro atoms. The number of carbonyl (C=O) groups is 1. The molecule has 1 N–H and O–H groups in total. The van der Waals surface area contributed by atoms with E-state index in [2.05, 4.69) is 10.2 Å². The summed E-state index contributed by atoms with van der Waals surface area (Å²) >= 11 is 0. The summed E-state index contributed by atoms with van der Waals surface area (Å²) in [5.41, 5.74) is 0. The molecule has 3 rings (SSSR count). The molecule has 0 aromatic rings. The maximum atomic E-state index is 12.0. The van der Waals surface area contributed by atoms with E-state index in [0.717, 1.165) is 52.2 Å². The van der Waals surface area contributed by atoms with Crippen molar-refractivity contribution in [2.24, 2.45) is 0 Å². The molecule has 96 valence electrons. The number of rotatable bonds is 2. The van der Waals surface area contributed by atoms with Crippen LogP contribution in [0.15, 0.2) is 0 Å². The predicted molar refractivity (Wildman–Crippen MR) is 63.8 cm³/mol. The van der Waals surface area contributed by atoms with Crippen LogP contribution in [0, 0.1) is 0 Å². The molecule has 5 nitrogen and oxygen atoms in total. The Morgan fingerprint density at radius 3 is 3.24 bits per heavy atom. The zero-order valence-corrected chi connectivity index (χ0v) is 10.2. The molecule has 1 amide bonds. The summed E-state index contributed by atoms with van der Waals surface area (Å²) in [7, 11) is 0. The molecule has 3 heterocycles. The third-order valence-corrected chi connectivity index (χ3v) is 4.04. The van der Waals surface area contributed by atoms with Crippen LogP contribution >= 0.6 is 0 Å². The summed E-state index contributed by atoms with van der Waals surface area (Å²) in [6.45, 7) is 6.15. The van der Waals surface area contributed by atoms with Crippen molar-refractivity contribution in [3.63, 3.8) is 0 Å². The maximum Gasteiger partial charge on any atom is 0.236 e. The normalized spacial score (nSPS) is 35.1. The fourth-order valence-corrected chi connectivity index (χ4v) is 3.03. The third kappa shape index (κ3) is 2.46. The van der Waals surface area contributed by atoms with Crippen molar-refractivity contribution in [1.82, 2.24) is 15.1 Å². The first-order valence-electron chi connectivity index (χ1n) is 6.67. The zero-order valence-electron chi connectivity index (χ0n) is 10.2. The highest BCUT2D eigenvalue weighted by Crippen LogP contribution is 2.17. The van der Waals surface area contributed by atoms with E-state index in [4.69, 9.17) is 4.74 Å². The summed E-state index contributed by atoms with van der Waals surface area (Å²) in [5, 5.41) is 3.40. The standard InChI is InChI=1S/C12H21N3O2/c16-12-9-14-4-3-13-6-10(14)7-15(12)8-11-2-1-5-17-11/h10-11,13H,1-9H2. The highest BCUT2D eigenvalue weighted by atomic mass is 16.5. The van der Waals surface area contributed by atoms with Crippen LogP contribution in [0.3, 0.4) is 0 Å². The van der Waals surface area contributed by atoms with Gasteiger partial charge in [-0.15, -0.1) is 0 Å². The molecule has 0 bridgehead atoms. The van der Waals surface area contributed by atoms with Gasteiger partial charge >= 0.3 is 0 Å². The van der Waals surface area contributed by atoms with Crippen molar-refractivity contribution in [2.45, 2.75) is 25.0 Å². The first kappa shape index (κ1) is 11.4. The number of nitrogens with zero attached hydrogens (tertiary/aromatic N) is 2. The lowest BCUT2D eigenvalue weighted by molar-refractivity contribution is -0.140. The second-order valence-corrected chi connectivity index (χ2v) is 5.26. The second kappa shape index (κ2) is 4.92. The van der Waals surface area contributed by atoms with Gasteiger partial charge in [-0.25, -0.2) is 0 Å². The summed E-state index contributed by atoms with van der Waals surface area (Å²) < 4.78 is 5.62. The molecule has 0 saturated carbocycles. The van der Waals surface area contributed by atoms with Crippen LogP contribution in [0.25, 0.3) is 0 Å². The lowest BCUT2D eigenvalue weighted by Crippen LogP contribution is -2.63. The molecule has 17 heavy (non-hydrogen) atoms. The van der Waals surface area contributed by atoms with Crippen molar-refractivity contribution in [1.29, 1.82) is 0 Å². The summed E-state index contributed by atoms with van der Waals surface area (Å²) in [4.78, 5) is 16.4. The van der Waals surface area contributed by atoms with E-state index in [1.807, 2.05) is 4.90 Å². The van der Waals surface area contributed by atoms with E-state index in [-0.39, 0.29) is 12.0 Å². The highest BCUT2D eigenvalue weighted by Gasteiger charge is 2.34. The average molecular weight is 239 g/mol. The monoisotopic (exact) mass is 239 g/mol. The van der Waals surface area contributed by atoms with Gasteiger partial charge in [0.2, 0.25) is 5.91 Å². The Labute approximate surface area is 102 Å². The molecule has 2 atom stereocenters. The Hall–Kier alpha value is -0.650. The minimum atomic E-state index is 0.277. The van der Waals surface area contributed by atoms with Crippen LogP contribution < -0.4 is 5.32 Å². The lowest BCUT2D eigenvalue weighted by Gasteiger charge is -2.44. The van der Waals surface area contributed by atoms with Gasteiger partial charge in [0.15, 0.2) is 0 Å². The molecule has 0 aromatic carbocycles. The van der Waals surface area contributed by atoms with E-state index in [1.54, 1.807) is 0 Å². The van der Waals surface area contributed by atoms with Crippen molar-refractivity contribution in [3.8, 4) is 0 Å². The number of hydrogen-bond acceptors (Lipinski definition) is 4. The van der Waals surface area contributed by atoms with Gasteiger partial charge in [-0.05, 0) is 12.8 Å². The third-order valence-electron chi connectivity index (χ3n) is 4.04. The Morgan fingerprint density at radius 1 is 1.47 bits per heavy atom. The number of amides is 1. The number of fused-ring (bicyclic) bond motifs is 1. The largest absolute Gasteiger partial charge is 0.376 e. The van der Waals surface area contributed by atoms with Gasteiger partial charge in [0.05, 0.1) is 12.6 Å². The quantitative estimate of drug-likeness (QED) is 0.691. The fourth-order valence-electron chi connectivity index (χ4n) is 3.03. The second-order valence-electron chi connectivity index (χ2n) is 5.26. The minimum absolute atomic E-state index is 0.277. The molecule has 3 saturated heterocycles. The molecular weight excluding hydrogens is 218 g/mol. The minimum Gasteiger partial charge on any atom is -0.376 e. The van der Waals surface area contributed by atoms with Gasteiger partial charge in [-0.3, -0.25) is 9.69 Å². The van der Waals surface area contributed by atoms with Crippen LogP contribution in [0.2, 0.25) is 0 Å². The van der Waals surface area contributed by atoms with Crippen LogP contribution in [-0.4, -0.2) is 73.7 Å². The lowest BCUT2D eigenvalue weighted by atomic mass is 10.1. The smallest absolute Gasteiger partial charge is 0.236 e. The average Bonchev–Trinajstić information content (AvgIpc) is 2.83. The van der Waals surface area contributed by atoms with Gasteiger partial charge < -0.3 is 15.0 Å². The zero-order chi connectivity index (χ0) is 11.7. The Morgan fingerprint density at radius 2 is 2.41 bits per heavy atom. The first-order valence-corrected chi connectivity index (χ1v) is 6.67. The van der Waals surface area contributed by atoms with Crippen molar-refractivity contribution < 1.29 is 9.53 Å². The molecule has 2 unspecified atom stereocenters. The number of hydrogen-bond donors (Lipinski definition) is 1. The maximum absolute atomic E-state index is 12.0. The van der Waals surface area contributed by atoms with Crippen LogP contribution in [-0.2, 0) is 9.53 Å². The number of piperazine rings is 2. The molecule has 0 radical (unpaired) electrons. The van der Waals surface area contributed by atoms with Crippen LogP contribution in [0.5, 0.6) is 0 Å². The van der Waals surface area contributed by atoms with E-state index >= 15 is 0 Å². The van der Waals surface area contributed by atoms with Gasteiger partial charge in [0.25, 0.3) is 0 Å². The van der Waals surface area contributed by atoms with Gasteiger partial charge in [-0.1, -0.05) is 0 Å². The van der Waals surface area contributed by atoms with Crippen LogP contribution in [0.4, 0.5) is 0 Å². The molecule has 5 heteroatoms. The van der Waals surface area contributed by atoms with Crippen molar-refractivity contribution >= 4 is 5.91 Å². The topological polar surface area (TPSA) is 44.8 Å². The highest BCUT2D eigenvalue weighted by molar-refractivity contribution is 5.79. The number of ether oxygens (including phenoxy) is 1. The molecule has 0 aliphatic carbocycles. The molecule has 3 aliphatic heterocycles.